The standard InChI is InChI=1S/C18H13F3N4/c1-2-17-24-15(16-5-3-4-8-25(16)17)9-12(10-22)14-7-6-13(11-23-14)18(19,20)21/h3-9,11H,2H2,1H3/b12-9-. The highest BCUT2D eigenvalue weighted by Crippen LogP contribution is 2.29. The number of allylic oxidation sites excluding steroid dienone is 1. The molecule has 0 spiro atoms. The minimum Gasteiger partial charge on any atom is -0.303 e. The number of aryl methyl sites for hydroxylation is 1. The van der Waals surface area contributed by atoms with Crippen molar-refractivity contribution in [3.8, 4) is 6.07 Å². The Balaban J connectivity index is 2.06. The number of alkyl halides is 3. The van der Waals surface area contributed by atoms with E-state index in [1.165, 1.54) is 6.07 Å². The molecule has 0 aliphatic heterocycles. The molecule has 0 fully saturated rings. The van der Waals surface area contributed by atoms with E-state index in [1.54, 1.807) is 6.08 Å². The third kappa shape index (κ3) is 3.24. The van der Waals surface area contributed by atoms with Gasteiger partial charge in [0.1, 0.15) is 11.9 Å². The van der Waals surface area contributed by atoms with Crippen LogP contribution in [0, 0.1) is 11.3 Å². The van der Waals surface area contributed by atoms with E-state index in [2.05, 4.69) is 9.97 Å². The van der Waals surface area contributed by atoms with Crippen molar-refractivity contribution in [1.29, 1.82) is 5.26 Å². The fourth-order valence-electron chi connectivity index (χ4n) is 2.50. The first-order chi connectivity index (χ1) is 11.9. The number of rotatable bonds is 3. The molecular formula is C18H13F3N4. The normalized spacial score (nSPS) is 12.4. The van der Waals surface area contributed by atoms with Crippen molar-refractivity contribution in [1.82, 2.24) is 14.4 Å². The molecule has 0 N–H and O–H groups in total. The van der Waals surface area contributed by atoms with Gasteiger partial charge in [-0.05, 0) is 30.3 Å². The number of nitriles is 1. The largest absolute Gasteiger partial charge is 0.417 e. The summed E-state index contributed by atoms with van der Waals surface area (Å²) in [6.07, 6.45) is 0.395. The molecule has 126 valence electrons. The second-order valence-corrected chi connectivity index (χ2v) is 5.32. The van der Waals surface area contributed by atoms with Gasteiger partial charge >= 0.3 is 6.18 Å². The molecule has 3 aromatic heterocycles. The van der Waals surface area contributed by atoms with E-state index < -0.39 is 11.7 Å². The molecule has 0 radical (unpaired) electrons. The molecule has 0 unspecified atom stereocenters. The molecule has 0 amide bonds. The lowest BCUT2D eigenvalue weighted by molar-refractivity contribution is -0.137. The van der Waals surface area contributed by atoms with Gasteiger partial charge < -0.3 is 4.40 Å². The van der Waals surface area contributed by atoms with Gasteiger partial charge in [-0.3, -0.25) is 4.98 Å². The van der Waals surface area contributed by atoms with E-state index in [-0.39, 0.29) is 11.3 Å². The van der Waals surface area contributed by atoms with Crippen molar-refractivity contribution in [2.24, 2.45) is 0 Å². The number of fused-ring (bicyclic) bond motifs is 1. The van der Waals surface area contributed by atoms with Crippen LogP contribution < -0.4 is 0 Å². The maximum atomic E-state index is 12.6. The van der Waals surface area contributed by atoms with Crippen LogP contribution >= 0.6 is 0 Å². The van der Waals surface area contributed by atoms with Crippen molar-refractivity contribution in [2.75, 3.05) is 0 Å². The second kappa shape index (κ2) is 6.40. The Morgan fingerprint density at radius 2 is 2.08 bits per heavy atom. The summed E-state index contributed by atoms with van der Waals surface area (Å²) in [7, 11) is 0. The summed E-state index contributed by atoms with van der Waals surface area (Å²) in [6.45, 7) is 1.97. The Labute approximate surface area is 141 Å². The number of aromatic nitrogens is 3. The number of halogens is 3. The van der Waals surface area contributed by atoms with E-state index in [0.717, 1.165) is 23.6 Å². The van der Waals surface area contributed by atoms with Gasteiger partial charge in [-0.25, -0.2) is 4.98 Å². The van der Waals surface area contributed by atoms with Crippen molar-refractivity contribution >= 4 is 17.2 Å². The van der Waals surface area contributed by atoms with Crippen LogP contribution in [0.15, 0.2) is 42.7 Å². The van der Waals surface area contributed by atoms with Crippen LogP contribution in [-0.2, 0) is 12.6 Å². The molecule has 4 nitrogen and oxygen atoms in total. The molecule has 0 atom stereocenters. The minimum absolute atomic E-state index is 0.153. The van der Waals surface area contributed by atoms with Gasteiger partial charge in [0.15, 0.2) is 0 Å². The molecule has 0 saturated carbocycles. The first kappa shape index (κ1) is 16.7. The third-order valence-electron chi connectivity index (χ3n) is 3.73. The summed E-state index contributed by atoms with van der Waals surface area (Å²) >= 11 is 0. The van der Waals surface area contributed by atoms with Gasteiger partial charge in [0.05, 0.1) is 28.0 Å². The predicted molar refractivity (Wildman–Crippen MR) is 87.3 cm³/mol. The molecule has 25 heavy (non-hydrogen) atoms. The first-order valence-electron chi connectivity index (χ1n) is 7.55. The van der Waals surface area contributed by atoms with Crippen LogP contribution in [0.25, 0.3) is 17.2 Å². The summed E-state index contributed by atoms with van der Waals surface area (Å²) in [5.41, 5.74) is 0.870. The summed E-state index contributed by atoms with van der Waals surface area (Å²) < 4.78 is 39.8. The third-order valence-corrected chi connectivity index (χ3v) is 3.73. The summed E-state index contributed by atoms with van der Waals surface area (Å²) in [4.78, 5) is 8.28. The zero-order chi connectivity index (χ0) is 18.0. The number of hydrogen-bond donors (Lipinski definition) is 0. The zero-order valence-corrected chi connectivity index (χ0v) is 13.2. The van der Waals surface area contributed by atoms with Gasteiger partial charge in [-0.2, -0.15) is 18.4 Å². The second-order valence-electron chi connectivity index (χ2n) is 5.32. The lowest BCUT2D eigenvalue weighted by atomic mass is 10.1. The average molecular weight is 342 g/mol. The number of imidazole rings is 1. The van der Waals surface area contributed by atoms with Crippen LogP contribution in [0.2, 0.25) is 0 Å². The van der Waals surface area contributed by atoms with Gasteiger partial charge in [0.25, 0.3) is 0 Å². The van der Waals surface area contributed by atoms with Crippen molar-refractivity contribution in [3.63, 3.8) is 0 Å². The van der Waals surface area contributed by atoms with Crippen molar-refractivity contribution < 1.29 is 13.2 Å². The fourth-order valence-corrected chi connectivity index (χ4v) is 2.50. The molecule has 0 bridgehead atoms. The number of hydrogen-bond acceptors (Lipinski definition) is 3. The van der Waals surface area contributed by atoms with Crippen LogP contribution in [0.1, 0.15) is 29.7 Å². The highest BCUT2D eigenvalue weighted by atomic mass is 19.4. The van der Waals surface area contributed by atoms with E-state index >= 15 is 0 Å². The quantitative estimate of drug-likeness (QED) is 0.664. The van der Waals surface area contributed by atoms with E-state index in [4.69, 9.17) is 0 Å². The van der Waals surface area contributed by atoms with Crippen molar-refractivity contribution in [3.05, 3.63) is 65.5 Å². The van der Waals surface area contributed by atoms with E-state index in [0.29, 0.717) is 12.1 Å². The van der Waals surface area contributed by atoms with Gasteiger partial charge in [-0.1, -0.05) is 13.0 Å². The molecular weight excluding hydrogens is 329 g/mol. The number of nitrogens with zero attached hydrogens (tertiary/aromatic N) is 4. The van der Waals surface area contributed by atoms with Gasteiger partial charge in [0.2, 0.25) is 0 Å². The summed E-state index contributed by atoms with van der Waals surface area (Å²) in [6, 6.07) is 9.69. The maximum Gasteiger partial charge on any atom is 0.417 e. The minimum atomic E-state index is -4.46. The lowest BCUT2D eigenvalue weighted by Crippen LogP contribution is -2.05. The molecule has 0 aromatic carbocycles. The maximum absolute atomic E-state index is 12.6. The predicted octanol–water partition coefficient (Wildman–Crippen LogP) is 4.37. The Morgan fingerprint density at radius 1 is 1.28 bits per heavy atom. The molecule has 3 heterocycles. The van der Waals surface area contributed by atoms with Gasteiger partial charge in [-0.15, -0.1) is 0 Å². The van der Waals surface area contributed by atoms with E-state index in [9.17, 15) is 18.4 Å². The van der Waals surface area contributed by atoms with Crippen molar-refractivity contribution in [2.45, 2.75) is 19.5 Å². The van der Waals surface area contributed by atoms with Crippen LogP contribution in [0.5, 0.6) is 0 Å². The Bertz CT molecular complexity index is 976. The average Bonchev–Trinajstić information content (AvgIpc) is 2.97. The van der Waals surface area contributed by atoms with Crippen LogP contribution in [0.3, 0.4) is 0 Å². The summed E-state index contributed by atoms with van der Waals surface area (Å²) in [5, 5.41) is 9.39. The van der Waals surface area contributed by atoms with Crippen LogP contribution in [-0.4, -0.2) is 14.4 Å². The first-order valence-corrected chi connectivity index (χ1v) is 7.55. The molecule has 0 saturated heterocycles. The monoisotopic (exact) mass is 342 g/mol. The molecule has 0 aliphatic rings. The Morgan fingerprint density at radius 3 is 2.68 bits per heavy atom. The Hall–Kier alpha value is -3.14. The zero-order valence-electron chi connectivity index (χ0n) is 13.2. The van der Waals surface area contributed by atoms with E-state index in [1.807, 2.05) is 41.8 Å². The number of pyridine rings is 2. The summed E-state index contributed by atoms with van der Waals surface area (Å²) in [5.74, 6) is 0.833. The fraction of sp³-hybridized carbons (Fsp3) is 0.167. The molecule has 7 heteroatoms. The molecule has 0 aliphatic carbocycles. The molecule has 3 rings (SSSR count). The smallest absolute Gasteiger partial charge is 0.303 e. The molecule has 3 aromatic rings. The highest BCUT2D eigenvalue weighted by Gasteiger charge is 2.30. The topological polar surface area (TPSA) is 54.0 Å². The van der Waals surface area contributed by atoms with Gasteiger partial charge in [0, 0.05) is 18.8 Å². The highest BCUT2D eigenvalue weighted by molar-refractivity contribution is 5.90. The van der Waals surface area contributed by atoms with Crippen LogP contribution in [0.4, 0.5) is 13.2 Å². The SMILES string of the molecule is CCc1nc(/C=C(/C#N)c2ccc(C(F)(F)F)cn2)c2ccccn12. The Kier molecular flexibility index (Phi) is 4.28. The lowest BCUT2D eigenvalue weighted by Gasteiger charge is -2.06.